The van der Waals surface area contributed by atoms with E-state index in [0.29, 0.717) is 6.61 Å². The number of rotatable bonds is 5. The van der Waals surface area contributed by atoms with Gasteiger partial charge in [-0.05, 0) is 19.8 Å². The first kappa shape index (κ1) is 14.0. The van der Waals surface area contributed by atoms with Gasteiger partial charge in [0, 0.05) is 5.54 Å². The van der Waals surface area contributed by atoms with Crippen LogP contribution in [0.3, 0.4) is 0 Å². The zero-order valence-corrected chi connectivity index (χ0v) is 10.5. The molecule has 0 saturated heterocycles. The highest BCUT2D eigenvalue weighted by Crippen LogP contribution is 2.26. The number of nitrogens with two attached hydrogens (primary N) is 1. The molecule has 1 amide bonds. The molecular weight excluding hydrogens is 216 g/mol. The zero-order valence-electron chi connectivity index (χ0n) is 10.5. The van der Waals surface area contributed by atoms with Crippen LogP contribution in [0.2, 0.25) is 0 Å². The van der Waals surface area contributed by atoms with E-state index in [1.54, 1.807) is 6.92 Å². The number of terminal acetylenes is 1. The standard InChI is InChI=1S/C13H22N2O2/c1-3-9-15-12(16)11(2)17-10-13(14)7-5-4-6-8-13/h1,11H,4-10,14H2,2H3,(H,15,16). The molecule has 4 nitrogen and oxygen atoms in total. The van der Waals surface area contributed by atoms with E-state index in [0.717, 1.165) is 25.7 Å². The van der Waals surface area contributed by atoms with Crippen molar-refractivity contribution in [2.75, 3.05) is 13.2 Å². The van der Waals surface area contributed by atoms with Gasteiger partial charge in [0.05, 0.1) is 13.2 Å². The number of hydrogen-bond acceptors (Lipinski definition) is 3. The van der Waals surface area contributed by atoms with E-state index >= 15 is 0 Å². The van der Waals surface area contributed by atoms with Crippen LogP contribution in [0.5, 0.6) is 0 Å². The SMILES string of the molecule is C#CCNC(=O)C(C)OCC1(N)CCCCC1. The van der Waals surface area contributed by atoms with Crippen LogP contribution < -0.4 is 11.1 Å². The maximum Gasteiger partial charge on any atom is 0.249 e. The van der Waals surface area contributed by atoms with Gasteiger partial charge in [0.1, 0.15) is 6.10 Å². The van der Waals surface area contributed by atoms with Crippen LogP contribution in [-0.2, 0) is 9.53 Å². The van der Waals surface area contributed by atoms with Crippen LogP contribution in [0.25, 0.3) is 0 Å². The van der Waals surface area contributed by atoms with Crippen LogP contribution in [0, 0.1) is 12.3 Å². The van der Waals surface area contributed by atoms with Gasteiger partial charge >= 0.3 is 0 Å². The molecule has 0 aromatic rings. The lowest BCUT2D eigenvalue weighted by atomic mass is 9.83. The van der Waals surface area contributed by atoms with Crippen molar-refractivity contribution in [2.45, 2.75) is 50.7 Å². The van der Waals surface area contributed by atoms with Crippen molar-refractivity contribution < 1.29 is 9.53 Å². The lowest BCUT2D eigenvalue weighted by Gasteiger charge is -2.33. The summed E-state index contributed by atoms with van der Waals surface area (Å²) in [5.74, 6) is 2.18. The molecule has 1 unspecified atom stereocenters. The topological polar surface area (TPSA) is 64.3 Å². The Balaban J connectivity index is 2.29. The van der Waals surface area contributed by atoms with Crippen molar-refractivity contribution in [3.63, 3.8) is 0 Å². The van der Waals surface area contributed by atoms with Gasteiger partial charge in [-0.15, -0.1) is 6.42 Å². The van der Waals surface area contributed by atoms with Gasteiger partial charge in [0.25, 0.3) is 0 Å². The highest BCUT2D eigenvalue weighted by molar-refractivity contribution is 5.80. The summed E-state index contributed by atoms with van der Waals surface area (Å²) in [7, 11) is 0. The lowest BCUT2D eigenvalue weighted by molar-refractivity contribution is -0.132. The van der Waals surface area contributed by atoms with E-state index in [-0.39, 0.29) is 18.0 Å². The molecule has 0 aromatic carbocycles. The predicted octanol–water partition coefficient (Wildman–Crippen LogP) is 0.802. The maximum atomic E-state index is 11.5. The summed E-state index contributed by atoms with van der Waals surface area (Å²) >= 11 is 0. The van der Waals surface area contributed by atoms with Crippen molar-refractivity contribution in [1.29, 1.82) is 0 Å². The molecule has 1 atom stereocenters. The molecule has 3 N–H and O–H groups in total. The van der Waals surface area contributed by atoms with E-state index in [2.05, 4.69) is 11.2 Å². The Morgan fingerprint density at radius 2 is 2.18 bits per heavy atom. The summed E-state index contributed by atoms with van der Waals surface area (Å²) in [6.45, 7) is 2.40. The molecule has 1 rings (SSSR count). The molecule has 0 radical (unpaired) electrons. The third kappa shape index (κ3) is 4.76. The average molecular weight is 238 g/mol. The van der Waals surface area contributed by atoms with Gasteiger partial charge in [-0.3, -0.25) is 4.79 Å². The molecule has 1 saturated carbocycles. The van der Waals surface area contributed by atoms with E-state index < -0.39 is 6.10 Å². The molecular formula is C13H22N2O2. The van der Waals surface area contributed by atoms with E-state index in [9.17, 15) is 4.79 Å². The smallest absolute Gasteiger partial charge is 0.249 e. The van der Waals surface area contributed by atoms with E-state index in [4.69, 9.17) is 16.9 Å². The lowest BCUT2D eigenvalue weighted by Crippen LogP contribution is -2.48. The monoisotopic (exact) mass is 238 g/mol. The zero-order chi connectivity index (χ0) is 12.7. The number of carbonyl (C=O) groups is 1. The third-order valence-electron chi connectivity index (χ3n) is 3.20. The molecule has 0 heterocycles. The summed E-state index contributed by atoms with van der Waals surface area (Å²) in [5, 5.41) is 2.59. The normalized spacial score (nSPS) is 20.3. The van der Waals surface area contributed by atoms with Gasteiger partial charge in [0.2, 0.25) is 5.91 Å². The Kier molecular flexibility index (Phi) is 5.46. The number of hydrogen-bond donors (Lipinski definition) is 2. The average Bonchev–Trinajstić information content (AvgIpc) is 2.34. The van der Waals surface area contributed by atoms with Gasteiger partial charge in [-0.1, -0.05) is 25.2 Å². The van der Waals surface area contributed by atoms with Crippen molar-refractivity contribution in [1.82, 2.24) is 5.32 Å². The summed E-state index contributed by atoms with van der Waals surface area (Å²) in [5.41, 5.74) is 5.97. The highest BCUT2D eigenvalue weighted by Gasteiger charge is 2.29. The summed E-state index contributed by atoms with van der Waals surface area (Å²) in [6.07, 6.45) is 10.1. The van der Waals surface area contributed by atoms with Crippen LogP contribution in [0.15, 0.2) is 0 Å². The number of ether oxygens (including phenoxy) is 1. The molecule has 1 aliphatic rings. The first-order chi connectivity index (χ1) is 8.07. The molecule has 17 heavy (non-hydrogen) atoms. The molecule has 0 bridgehead atoms. The fraction of sp³-hybridized carbons (Fsp3) is 0.769. The molecule has 96 valence electrons. The molecule has 0 aromatic heterocycles. The van der Waals surface area contributed by atoms with Crippen LogP contribution in [-0.4, -0.2) is 30.7 Å². The largest absolute Gasteiger partial charge is 0.367 e. The van der Waals surface area contributed by atoms with Crippen molar-refractivity contribution in [2.24, 2.45) is 5.73 Å². The van der Waals surface area contributed by atoms with Crippen LogP contribution in [0.1, 0.15) is 39.0 Å². The first-order valence-electron chi connectivity index (χ1n) is 6.19. The number of amides is 1. The Bertz CT molecular complexity index is 290. The predicted molar refractivity (Wildman–Crippen MR) is 67.3 cm³/mol. The summed E-state index contributed by atoms with van der Waals surface area (Å²) in [4.78, 5) is 11.5. The minimum Gasteiger partial charge on any atom is -0.367 e. The third-order valence-corrected chi connectivity index (χ3v) is 3.20. The highest BCUT2D eigenvalue weighted by atomic mass is 16.5. The second kappa shape index (κ2) is 6.63. The first-order valence-corrected chi connectivity index (χ1v) is 6.19. The van der Waals surface area contributed by atoms with E-state index in [1.807, 2.05) is 0 Å². The van der Waals surface area contributed by atoms with Crippen LogP contribution >= 0.6 is 0 Å². The van der Waals surface area contributed by atoms with Crippen molar-refractivity contribution in [3.8, 4) is 12.3 Å². The molecule has 1 fully saturated rings. The summed E-state index contributed by atoms with van der Waals surface area (Å²) in [6, 6.07) is 0. The minimum absolute atomic E-state index is 0.178. The quantitative estimate of drug-likeness (QED) is 0.696. The van der Waals surface area contributed by atoms with Gasteiger partial charge in [0.15, 0.2) is 0 Å². The van der Waals surface area contributed by atoms with E-state index in [1.165, 1.54) is 6.42 Å². The van der Waals surface area contributed by atoms with Crippen LogP contribution in [0.4, 0.5) is 0 Å². The van der Waals surface area contributed by atoms with Gasteiger partial charge in [-0.2, -0.15) is 0 Å². The number of nitrogens with one attached hydrogen (secondary N) is 1. The van der Waals surface area contributed by atoms with Crippen molar-refractivity contribution in [3.05, 3.63) is 0 Å². The molecule has 0 aliphatic heterocycles. The fourth-order valence-electron chi connectivity index (χ4n) is 2.05. The fourth-order valence-corrected chi connectivity index (χ4v) is 2.05. The van der Waals surface area contributed by atoms with Gasteiger partial charge < -0.3 is 15.8 Å². The molecule has 0 spiro atoms. The Morgan fingerprint density at radius 3 is 2.76 bits per heavy atom. The molecule has 1 aliphatic carbocycles. The maximum absolute atomic E-state index is 11.5. The van der Waals surface area contributed by atoms with Gasteiger partial charge in [-0.25, -0.2) is 0 Å². The number of carbonyl (C=O) groups excluding carboxylic acids is 1. The summed E-state index contributed by atoms with van der Waals surface area (Å²) < 4.78 is 5.54. The molecule has 4 heteroatoms. The minimum atomic E-state index is -0.495. The van der Waals surface area contributed by atoms with Crippen molar-refractivity contribution >= 4 is 5.91 Å². The second-order valence-electron chi connectivity index (χ2n) is 4.80. The second-order valence-corrected chi connectivity index (χ2v) is 4.80. The Morgan fingerprint density at radius 1 is 1.53 bits per heavy atom. The Labute approximate surface area is 103 Å². The Hall–Kier alpha value is -1.05.